The van der Waals surface area contributed by atoms with E-state index >= 15 is 0 Å². The highest BCUT2D eigenvalue weighted by Crippen LogP contribution is 2.12. The first-order valence-corrected chi connectivity index (χ1v) is 8.03. The lowest BCUT2D eigenvalue weighted by Gasteiger charge is -2.07. The van der Waals surface area contributed by atoms with Crippen LogP contribution in [0.4, 0.5) is 5.69 Å². The second-order valence-electron chi connectivity index (χ2n) is 4.54. The van der Waals surface area contributed by atoms with E-state index in [1.54, 1.807) is 6.20 Å². The zero-order valence-corrected chi connectivity index (χ0v) is 12.5. The molecule has 0 saturated heterocycles. The van der Waals surface area contributed by atoms with Crippen LogP contribution in [0, 0.1) is 0 Å². The average molecular weight is 320 g/mol. The summed E-state index contributed by atoms with van der Waals surface area (Å²) in [6, 6.07) is 11.2. The van der Waals surface area contributed by atoms with Crippen LogP contribution >= 0.6 is 0 Å². The number of nitrogens with two attached hydrogens (primary N) is 1. The summed E-state index contributed by atoms with van der Waals surface area (Å²) in [5, 5.41) is 10.6. The number of aromatic nitrogens is 1. The Labute approximate surface area is 128 Å². The summed E-state index contributed by atoms with van der Waals surface area (Å²) in [6.07, 6.45) is 1.68. The molecule has 0 fully saturated rings. The van der Waals surface area contributed by atoms with Crippen molar-refractivity contribution in [3.05, 3.63) is 54.4 Å². The Hall–Kier alpha value is -2.29. The quantitative estimate of drug-likeness (QED) is 0.715. The number of rotatable bonds is 6. The smallest absolute Gasteiger partial charge is 0.238 e. The molecule has 1 aromatic heterocycles. The van der Waals surface area contributed by atoms with Gasteiger partial charge in [-0.3, -0.25) is 9.78 Å². The fraction of sp³-hybridized carbons (Fsp3) is 0.143. The lowest BCUT2D eigenvalue weighted by Crippen LogP contribution is -2.28. The molecule has 4 N–H and O–H groups in total. The highest BCUT2D eigenvalue weighted by atomic mass is 32.2. The van der Waals surface area contributed by atoms with Gasteiger partial charge in [0, 0.05) is 18.4 Å². The summed E-state index contributed by atoms with van der Waals surface area (Å²) < 4.78 is 22.2. The highest BCUT2D eigenvalue weighted by Gasteiger charge is 2.08. The third-order valence-corrected chi connectivity index (χ3v) is 3.71. The molecule has 1 aromatic carbocycles. The Morgan fingerprint density at radius 1 is 1.14 bits per heavy atom. The van der Waals surface area contributed by atoms with Crippen LogP contribution in [0.3, 0.4) is 0 Å². The van der Waals surface area contributed by atoms with Gasteiger partial charge in [0.2, 0.25) is 15.9 Å². The fourth-order valence-corrected chi connectivity index (χ4v) is 2.26. The van der Waals surface area contributed by atoms with E-state index in [-0.39, 0.29) is 17.3 Å². The fourth-order valence-electron chi connectivity index (χ4n) is 1.74. The first-order chi connectivity index (χ1) is 10.4. The molecule has 0 aliphatic heterocycles. The summed E-state index contributed by atoms with van der Waals surface area (Å²) in [7, 11) is -3.72. The van der Waals surface area contributed by atoms with Crippen LogP contribution in [-0.2, 0) is 21.4 Å². The first kappa shape index (κ1) is 16.1. The van der Waals surface area contributed by atoms with Crippen LogP contribution in [-0.4, -0.2) is 25.9 Å². The molecule has 0 aliphatic carbocycles. The van der Waals surface area contributed by atoms with Crippen molar-refractivity contribution in [2.45, 2.75) is 11.4 Å². The van der Waals surface area contributed by atoms with Gasteiger partial charge in [0.25, 0.3) is 0 Å². The van der Waals surface area contributed by atoms with Crippen molar-refractivity contribution in [2.75, 3.05) is 11.9 Å². The Morgan fingerprint density at radius 3 is 2.45 bits per heavy atom. The molecule has 22 heavy (non-hydrogen) atoms. The van der Waals surface area contributed by atoms with E-state index in [1.165, 1.54) is 24.3 Å². The summed E-state index contributed by atoms with van der Waals surface area (Å²) in [5.74, 6) is -0.237. The highest BCUT2D eigenvalue weighted by molar-refractivity contribution is 7.89. The van der Waals surface area contributed by atoms with Crippen LogP contribution in [0.25, 0.3) is 0 Å². The maximum absolute atomic E-state index is 11.7. The number of hydrogen-bond acceptors (Lipinski definition) is 5. The molecule has 0 aliphatic rings. The molecule has 2 rings (SSSR count). The minimum atomic E-state index is -3.72. The Bertz CT molecular complexity index is 730. The molecule has 2 aromatic rings. The molecule has 0 saturated carbocycles. The maximum Gasteiger partial charge on any atom is 0.238 e. The summed E-state index contributed by atoms with van der Waals surface area (Å²) >= 11 is 0. The van der Waals surface area contributed by atoms with Gasteiger partial charge in [-0.25, -0.2) is 13.6 Å². The van der Waals surface area contributed by atoms with Crippen molar-refractivity contribution in [2.24, 2.45) is 5.14 Å². The standard InChI is InChI=1S/C14H16N4O3S/c15-22(20,21)13-6-4-11(5-7-13)18-14(19)10-16-9-12-3-1-2-8-17-12/h1-8,16H,9-10H2,(H,18,19)(H2,15,20,21). The summed E-state index contributed by atoms with van der Waals surface area (Å²) in [5.41, 5.74) is 1.34. The van der Waals surface area contributed by atoms with E-state index in [0.29, 0.717) is 12.2 Å². The Balaban J connectivity index is 1.82. The monoisotopic (exact) mass is 320 g/mol. The second-order valence-corrected chi connectivity index (χ2v) is 6.10. The van der Waals surface area contributed by atoms with Gasteiger partial charge in [-0.15, -0.1) is 0 Å². The van der Waals surface area contributed by atoms with Crippen molar-refractivity contribution in [1.82, 2.24) is 10.3 Å². The van der Waals surface area contributed by atoms with E-state index in [1.807, 2.05) is 18.2 Å². The number of benzene rings is 1. The summed E-state index contributed by atoms with van der Waals surface area (Å²) in [6.45, 7) is 0.603. The van der Waals surface area contributed by atoms with Crippen LogP contribution in [0.15, 0.2) is 53.6 Å². The van der Waals surface area contributed by atoms with E-state index in [0.717, 1.165) is 5.69 Å². The number of sulfonamides is 1. The van der Waals surface area contributed by atoms with Crippen molar-refractivity contribution in [3.8, 4) is 0 Å². The van der Waals surface area contributed by atoms with Crippen molar-refractivity contribution < 1.29 is 13.2 Å². The molecule has 1 heterocycles. The molecule has 0 radical (unpaired) electrons. The number of primary sulfonamides is 1. The third kappa shape index (κ3) is 4.92. The molecule has 0 bridgehead atoms. The number of hydrogen-bond donors (Lipinski definition) is 3. The van der Waals surface area contributed by atoms with Crippen LogP contribution in [0.5, 0.6) is 0 Å². The molecule has 0 spiro atoms. The van der Waals surface area contributed by atoms with Crippen LogP contribution in [0.1, 0.15) is 5.69 Å². The van der Waals surface area contributed by atoms with Gasteiger partial charge in [-0.05, 0) is 36.4 Å². The predicted molar refractivity (Wildman–Crippen MR) is 82.4 cm³/mol. The molecule has 1 amide bonds. The van der Waals surface area contributed by atoms with Gasteiger partial charge in [0.05, 0.1) is 17.1 Å². The van der Waals surface area contributed by atoms with Crippen LogP contribution in [0.2, 0.25) is 0 Å². The van der Waals surface area contributed by atoms with Crippen molar-refractivity contribution >= 4 is 21.6 Å². The predicted octanol–water partition coefficient (Wildman–Crippen LogP) is 0.457. The normalized spacial score (nSPS) is 11.1. The molecule has 116 valence electrons. The first-order valence-electron chi connectivity index (χ1n) is 6.48. The van der Waals surface area contributed by atoms with Gasteiger partial charge in [0.15, 0.2) is 0 Å². The zero-order valence-electron chi connectivity index (χ0n) is 11.7. The van der Waals surface area contributed by atoms with E-state index in [4.69, 9.17) is 5.14 Å². The van der Waals surface area contributed by atoms with Crippen molar-refractivity contribution in [1.29, 1.82) is 0 Å². The lowest BCUT2D eigenvalue weighted by atomic mass is 10.3. The number of anilines is 1. The number of carbonyl (C=O) groups is 1. The number of nitrogens with one attached hydrogen (secondary N) is 2. The second kappa shape index (κ2) is 7.12. The Kier molecular flexibility index (Phi) is 5.21. The average Bonchev–Trinajstić information content (AvgIpc) is 2.48. The minimum Gasteiger partial charge on any atom is -0.325 e. The molecule has 0 atom stereocenters. The largest absolute Gasteiger partial charge is 0.325 e. The SMILES string of the molecule is NS(=O)(=O)c1ccc(NC(=O)CNCc2ccccn2)cc1. The van der Waals surface area contributed by atoms with Crippen LogP contribution < -0.4 is 15.8 Å². The van der Waals surface area contributed by atoms with Crippen molar-refractivity contribution in [3.63, 3.8) is 0 Å². The molecule has 0 unspecified atom stereocenters. The molecule has 8 heteroatoms. The number of carbonyl (C=O) groups excluding carboxylic acids is 1. The van der Waals surface area contributed by atoms with E-state index in [9.17, 15) is 13.2 Å². The van der Waals surface area contributed by atoms with E-state index < -0.39 is 10.0 Å². The molecular weight excluding hydrogens is 304 g/mol. The lowest BCUT2D eigenvalue weighted by molar-refractivity contribution is -0.115. The number of pyridine rings is 1. The van der Waals surface area contributed by atoms with Gasteiger partial charge in [-0.1, -0.05) is 6.07 Å². The zero-order chi connectivity index (χ0) is 16.0. The van der Waals surface area contributed by atoms with E-state index in [2.05, 4.69) is 15.6 Å². The van der Waals surface area contributed by atoms with Gasteiger partial charge in [0.1, 0.15) is 0 Å². The minimum absolute atomic E-state index is 0.00113. The maximum atomic E-state index is 11.7. The Morgan fingerprint density at radius 2 is 1.86 bits per heavy atom. The van der Waals surface area contributed by atoms with Gasteiger partial charge >= 0.3 is 0 Å². The molecule has 7 nitrogen and oxygen atoms in total. The number of nitrogens with zero attached hydrogens (tertiary/aromatic N) is 1. The number of amides is 1. The summed E-state index contributed by atoms with van der Waals surface area (Å²) in [4.78, 5) is 15.9. The third-order valence-electron chi connectivity index (χ3n) is 2.78. The van der Waals surface area contributed by atoms with Gasteiger partial charge < -0.3 is 10.6 Å². The molecular formula is C14H16N4O3S. The topological polar surface area (TPSA) is 114 Å². The van der Waals surface area contributed by atoms with Gasteiger partial charge in [-0.2, -0.15) is 0 Å².